The Labute approximate surface area is 421 Å². The van der Waals surface area contributed by atoms with Crippen molar-refractivity contribution < 1.29 is 42.9 Å². The van der Waals surface area contributed by atoms with Crippen LogP contribution in [0.15, 0.2) is 12.2 Å². The number of hydrogen-bond acceptors (Lipinski definition) is 8. The predicted molar refractivity (Wildman–Crippen MR) is 283 cm³/mol. The van der Waals surface area contributed by atoms with Crippen molar-refractivity contribution in [3.05, 3.63) is 12.2 Å². The van der Waals surface area contributed by atoms with Crippen molar-refractivity contribution >= 4 is 17.9 Å². The van der Waals surface area contributed by atoms with Gasteiger partial charge in [-0.2, -0.15) is 0 Å². The number of esters is 2. The number of hydrogen-bond donors (Lipinski definition) is 0. The Balaban J connectivity index is 4.10. The Morgan fingerprint density at radius 3 is 1.09 bits per heavy atom. The van der Waals surface area contributed by atoms with Crippen LogP contribution < -0.4 is 5.11 Å². The Bertz CT molecular complexity index is 1120. The summed E-state index contributed by atoms with van der Waals surface area (Å²) in [5.41, 5.74) is 0. The molecule has 0 heterocycles. The van der Waals surface area contributed by atoms with Crippen LogP contribution in [0.3, 0.4) is 0 Å². The van der Waals surface area contributed by atoms with Gasteiger partial charge in [0.05, 0.1) is 40.3 Å². The number of allylic oxidation sites excluding steroid dienone is 2. The summed E-state index contributed by atoms with van der Waals surface area (Å²) in [7, 11) is 5.93. The number of carbonyl (C=O) groups is 3. The zero-order chi connectivity index (χ0) is 49.9. The highest BCUT2D eigenvalue weighted by molar-refractivity contribution is 5.70. The van der Waals surface area contributed by atoms with Crippen molar-refractivity contribution in [3.63, 3.8) is 0 Å². The maximum Gasteiger partial charge on any atom is 0.306 e. The molecule has 0 saturated carbocycles. The van der Waals surface area contributed by atoms with Crippen LogP contribution in [-0.2, 0) is 33.3 Å². The third-order valence-electron chi connectivity index (χ3n) is 13.3. The molecule has 0 aromatic carbocycles. The molecule has 2 unspecified atom stereocenters. The van der Waals surface area contributed by atoms with Crippen LogP contribution in [-0.4, -0.2) is 82.3 Å². The van der Waals surface area contributed by atoms with E-state index in [-0.39, 0.29) is 32.2 Å². The molecule has 9 nitrogen and oxygen atoms in total. The molecule has 68 heavy (non-hydrogen) atoms. The van der Waals surface area contributed by atoms with Gasteiger partial charge in [-0.15, -0.1) is 0 Å². The molecule has 402 valence electrons. The van der Waals surface area contributed by atoms with Crippen LogP contribution in [0.1, 0.15) is 290 Å². The van der Waals surface area contributed by atoms with Gasteiger partial charge in [-0.25, -0.2) is 0 Å². The van der Waals surface area contributed by atoms with E-state index in [4.69, 9.17) is 18.9 Å². The van der Waals surface area contributed by atoms with Gasteiger partial charge in [0.2, 0.25) is 0 Å². The van der Waals surface area contributed by atoms with Crippen molar-refractivity contribution in [1.82, 2.24) is 0 Å². The molecule has 0 aliphatic heterocycles. The van der Waals surface area contributed by atoms with Gasteiger partial charge in [0.25, 0.3) is 0 Å². The van der Waals surface area contributed by atoms with Crippen LogP contribution in [0.5, 0.6) is 0 Å². The van der Waals surface area contributed by atoms with E-state index in [0.29, 0.717) is 17.4 Å². The lowest BCUT2D eigenvalue weighted by Gasteiger charge is -2.26. The van der Waals surface area contributed by atoms with Crippen LogP contribution in [0.4, 0.5) is 0 Å². The minimum atomic E-state index is -1.62. The molecule has 0 aliphatic carbocycles. The van der Waals surface area contributed by atoms with E-state index < -0.39 is 24.3 Å². The van der Waals surface area contributed by atoms with E-state index in [1.807, 2.05) is 21.1 Å². The number of carboxylic acid groups (broad SMARTS) is 1. The summed E-state index contributed by atoms with van der Waals surface area (Å²) >= 11 is 0. The van der Waals surface area contributed by atoms with Crippen LogP contribution in [0, 0.1) is 0 Å². The van der Waals surface area contributed by atoms with Crippen LogP contribution in [0.25, 0.3) is 0 Å². The van der Waals surface area contributed by atoms with Gasteiger partial charge in [0.1, 0.15) is 13.2 Å². The van der Waals surface area contributed by atoms with Gasteiger partial charge in [-0.3, -0.25) is 9.59 Å². The van der Waals surface area contributed by atoms with Gasteiger partial charge >= 0.3 is 11.9 Å². The molecular weight excluding hydrogens is 851 g/mol. The molecule has 0 rings (SSSR count). The first-order valence-corrected chi connectivity index (χ1v) is 29.3. The summed E-state index contributed by atoms with van der Waals surface area (Å²) in [5, 5.41) is 11.8. The first kappa shape index (κ1) is 66.0. The quantitative estimate of drug-likeness (QED) is 0.0195. The van der Waals surface area contributed by atoms with Crippen molar-refractivity contribution in [2.75, 3.05) is 47.5 Å². The van der Waals surface area contributed by atoms with Gasteiger partial charge in [-0.05, 0) is 38.5 Å². The number of carboxylic acids is 1. The number of rotatable bonds is 55. The number of quaternary nitrogens is 1. The normalized spacial score (nSPS) is 12.8. The summed E-state index contributed by atoms with van der Waals surface area (Å²) in [5.74, 6) is -2.26. The molecule has 0 aliphatic rings. The first-order chi connectivity index (χ1) is 33.1. The third kappa shape index (κ3) is 51.9. The lowest BCUT2D eigenvalue weighted by molar-refractivity contribution is -0.870. The van der Waals surface area contributed by atoms with E-state index in [1.165, 1.54) is 225 Å². The second-order valence-corrected chi connectivity index (χ2v) is 21.3. The van der Waals surface area contributed by atoms with E-state index in [9.17, 15) is 19.5 Å². The molecule has 9 heteroatoms. The minimum absolute atomic E-state index is 0.152. The lowest BCUT2D eigenvalue weighted by atomic mass is 10.0. The zero-order valence-electron chi connectivity index (χ0n) is 45.8. The van der Waals surface area contributed by atoms with E-state index in [0.717, 1.165) is 38.5 Å². The van der Waals surface area contributed by atoms with Crippen molar-refractivity contribution in [2.45, 2.75) is 302 Å². The summed E-state index contributed by atoms with van der Waals surface area (Å²) in [6.45, 7) is 4.80. The second kappa shape index (κ2) is 51.4. The number of likely N-dealkylation sites (N-methyl/N-ethyl adjacent to an activating group) is 1. The van der Waals surface area contributed by atoms with Gasteiger partial charge in [0.15, 0.2) is 12.4 Å². The maximum atomic E-state index is 12.8. The molecule has 2 atom stereocenters. The third-order valence-corrected chi connectivity index (χ3v) is 13.3. The SMILES string of the molecule is CCCCCCCCCC/C=C\CCCCCCCCCCCCCCCCCCCC(=O)OC(COC(=O)CCCCCCCCCCCCCCCC)COC(OCC[N+](C)(C)C)C(=O)[O-]. The first-order valence-electron chi connectivity index (χ1n) is 29.3. The van der Waals surface area contributed by atoms with Crippen molar-refractivity contribution in [1.29, 1.82) is 0 Å². The second-order valence-electron chi connectivity index (χ2n) is 21.3. The standard InChI is InChI=1S/C59H113NO8/c1-6-8-10-12-14-16-18-20-22-23-24-25-26-27-28-29-30-31-32-33-34-35-36-38-40-42-44-46-48-50-57(62)68-55(54-67-59(58(63)64)65-52-51-60(3,4)5)53-66-56(61)49-47-45-43-41-39-37-21-19-17-15-13-11-9-7-2/h23-24,55,59H,6-22,25-54H2,1-5H3/b24-23-. The summed E-state index contributed by atoms with van der Waals surface area (Å²) in [6, 6.07) is 0. The van der Waals surface area contributed by atoms with Crippen LogP contribution >= 0.6 is 0 Å². The highest BCUT2D eigenvalue weighted by atomic mass is 16.7. The highest BCUT2D eigenvalue weighted by Gasteiger charge is 2.22. The Morgan fingerprint density at radius 1 is 0.426 bits per heavy atom. The molecule has 0 radical (unpaired) electrons. The molecule has 0 spiro atoms. The van der Waals surface area contributed by atoms with Gasteiger partial charge < -0.3 is 33.3 Å². The number of carbonyl (C=O) groups excluding carboxylic acids is 3. The number of nitrogens with zero attached hydrogens (tertiary/aromatic N) is 1. The monoisotopic (exact) mass is 964 g/mol. The van der Waals surface area contributed by atoms with Crippen molar-refractivity contribution in [2.24, 2.45) is 0 Å². The van der Waals surface area contributed by atoms with E-state index in [1.54, 1.807) is 0 Å². The summed E-state index contributed by atoms with van der Waals surface area (Å²) in [6.07, 6.45) is 55.5. The molecule has 0 saturated heterocycles. The van der Waals surface area contributed by atoms with Gasteiger partial charge in [0, 0.05) is 12.8 Å². The molecule has 0 N–H and O–H groups in total. The zero-order valence-corrected chi connectivity index (χ0v) is 45.8. The van der Waals surface area contributed by atoms with Crippen LogP contribution in [0.2, 0.25) is 0 Å². The lowest BCUT2D eigenvalue weighted by Crippen LogP contribution is -2.44. The molecule has 0 fully saturated rings. The molecule has 0 aromatic heterocycles. The fourth-order valence-electron chi connectivity index (χ4n) is 8.71. The Kier molecular flexibility index (Phi) is 49.9. The smallest absolute Gasteiger partial charge is 0.306 e. The number of unbranched alkanes of at least 4 members (excludes halogenated alkanes) is 38. The predicted octanol–water partition coefficient (Wildman–Crippen LogP) is 15.6. The Hall–Kier alpha value is -1.97. The molecule has 0 aromatic rings. The maximum absolute atomic E-state index is 12.8. The molecular formula is C59H113NO8. The average Bonchev–Trinajstić information content (AvgIpc) is 3.30. The summed E-state index contributed by atoms with van der Waals surface area (Å²) < 4.78 is 22.7. The number of aliphatic carboxylic acids is 1. The average molecular weight is 965 g/mol. The highest BCUT2D eigenvalue weighted by Crippen LogP contribution is 2.17. The fraction of sp³-hybridized carbons (Fsp3) is 0.915. The van der Waals surface area contributed by atoms with E-state index >= 15 is 0 Å². The largest absolute Gasteiger partial charge is 0.545 e. The summed E-state index contributed by atoms with van der Waals surface area (Å²) in [4.78, 5) is 37.2. The van der Waals surface area contributed by atoms with E-state index in [2.05, 4.69) is 26.0 Å². The fourth-order valence-corrected chi connectivity index (χ4v) is 8.71. The number of ether oxygens (including phenoxy) is 4. The Morgan fingerprint density at radius 2 is 0.750 bits per heavy atom. The molecule has 0 bridgehead atoms. The molecule has 0 amide bonds. The van der Waals surface area contributed by atoms with Crippen molar-refractivity contribution in [3.8, 4) is 0 Å². The van der Waals surface area contributed by atoms with Gasteiger partial charge in [-0.1, -0.05) is 251 Å². The minimum Gasteiger partial charge on any atom is -0.545 e. The topological polar surface area (TPSA) is 111 Å².